The lowest BCUT2D eigenvalue weighted by molar-refractivity contribution is -0.136. The molecule has 0 unspecified atom stereocenters. The van der Waals surface area contributed by atoms with E-state index in [1.54, 1.807) is 155 Å². The van der Waals surface area contributed by atoms with Gasteiger partial charge in [-0.1, -0.05) is 83.7 Å². The molecule has 1 aromatic carbocycles. The second-order valence-electron chi connectivity index (χ2n) is 34.7. The molecule has 1 heterocycles. The zero-order chi connectivity index (χ0) is 90.3. The van der Waals surface area contributed by atoms with E-state index in [-0.39, 0.29) is 57.7 Å². The van der Waals surface area contributed by atoms with Crippen LogP contribution >= 0.6 is 0 Å². The summed E-state index contributed by atoms with van der Waals surface area (Å²) in [5.41, 5.74) is 1.82. The first kappa shape index (κ1) is 105. The molecule has 0 bridgehead atoms. The number of amides is 16. The third kappa shape index (κ3) is 45.4. The summed E-state index contributed by atoms with van der Waals surface area (Å²) in [5, 5.41) is 52.6. The normalized spacial score (nSPS) is 19.8. The number of aliphatic hydroxyl groups excluding tert-OH is 1. The summed E-state index contributed by atoms with van der Waals surface area (Å²) in [6.07, 6.45) is -7.17. The van der Waals surface area contributed by atoms with Gasteiger partial charge in [-0.05, 0) is 180 Å². The number of benzene rings is 1. The SMILES string of the molecule is CCCC[C@H](NC(=O)[C@H](CCNC(=O)OC(C)(C)C)NC(=O)[C@@H](N)CCCC)C(=O)N[C@@H](CCNC(=O)OC(C)(C)C)C(=O)N[C@H]1CCNC(=O)[C@H]([C@@H](C)O)NC(=O)[C@H](CCNC(=O)OC(C)(C)C)NC(=O)[C@H](CCNC(=O)OC(C)(C)C)NC(=O)[C@H](CC(C)C)NC(=O)[C@@H](Cc2ccccc2)NC(=O)[C@H](CCNC(=O)OC(C)(C)C)NC1=O. The van der Waals surface area contributed by atoms with Crippen LogP contribution in [0, 0.1) is 5.92 Å². The average Bonchev–Trinajstić information content (AvgIpc) is 0.850. The summed E-state index contributed by atoms with van der Waals surface area (Å²) in [6, 6.07) is -9.56. The fraction of sp³-hybridized carbons (Fsp3) is 0.725. The van der Waals surface area contributed by atoms with Gasteiger partial charge in [-0.3, -0.25) is 52.7 Å². The van der Waals surface area contributed by atoms with Crippen LogP contribution in [0.5, 0.6) is 0 Å². The van der Waals surface area contributed by atoms with Crippen molar-refractivity contribution in [3.8, 4) is 0 Å². The van der Waals surface area contributed by atoms with Gasteiger partial charge < -0.3 is 120 Å². The minimum Gasteiger partial charge on any atom is -0.444 e. The van der Waals surface area contributed by atoms with Gasteiger partial charge in [-0.25, -0.2) is 24.0 Å². The monoisotopic (exact) mass is 1690 g/mol. The predicted octanol–water partition coefficient (Wildman–Crippen LogP) is 2.31. The molecule has 0 aliphatic carbocycles. The lowest BCUT2D eigenvalue weighted by atomic mass is 10.00. The van der Waals surface area contributed by atoms with Crippen LogP contribution in [-0.2, 0) is 82.8 Å². The predicted molar refractivity (Wildman–Crippen MR) is 440 cm³/mol. The Morgan fingerprint density at radius 1 is 0.429 bits per heavy atom. The molecule has 19 N–H and O–H groups in total. The van der Waals surface area contributed by atoms with Crippen molar-refractivity contribution in [2.24, 2.45) is 11.7 Å². The number of carbonyl (C=O) groups is 16. The molecule has 2 rings (SSSR count). The molecule has 39 nitrogen and oxygen atoms in total. The van der Waals surface area contributed by atoms with Crippen LogP contribution in [0.2, 0.25) is 0 Å². The van der Waals surface area contributed by atoms with Crippen LogP contribution < -0.4 is 90.8 Å². The molecule has 1 saturated heterocycles. The lowest BCUT2D eigenvalue weighted by Gasteiger charge is -2.29. The molecule has 119 heavy (non-hydrogen) atoms. The number of unbranched alkanes of at least 4 members (excludes halogenated alkanes) is 2. The molecule has 0 aromatic heterocycles. The fourth-order valence-corrected chi connectivity index (χ4v) is 11.3. The number of alkyl carbamates (subject to hydrolysis) is 5. The summed E-state index contributed by atoms with van der Waals surface area (Å²) in [6.45, 7) is 30.0. The van der Waals surface area contributed by atoms with E-state index in [4.69, 9.17) is 29.4 Å². The summed E-state index contributed by atoms with van der Waals surface area (Å²) in [7, 11) is 0. The van der Waals surface area contributed by atoms with Gasteiger partial charge in [0.05, 0.1) is 12.1 Å². The summed E-state index contributed by atoms with van der Waals surface area (Å²) < 4.78 is 27.0. The van der Waals surface area contributed by atoms with Gasteiger partial charge in [0, 0.05) is 45.7 Å². The Labute approximate surface area is 699 Å². The zero-order valence-corrected chi connectivity index (χ0v) is 73.1. The molecule has 0 radical (unpaired) electrons. The first-order chi connectivity index (χ1) is 55.2. The Kier molecular flexibility index (Phi) is 44.5. The van der Waals surface area contributed by atoms with E-state index in [9.17, 15) is 62.6 Å². The quantitative estimate of drug-likeness (QED) is 0.0440. The minimum absolute atomic E-state index is 0.0737. The second-order valence-corrected chi connectivity index (χ2v) is 34.7. The van der Waals surface area contributed by atoms with Crippen LogP contribution in [0.1, 0.15) is 228 Å². The molecule has 1 aromatic rings. The Hall–Kier alpha value is -10.3. The average molecular weight is 1690 g/mol. The molecule has 674 valence electrons. The van der Waals surface area contributed by atoms with Crippen molar-refractivity contribution in [1.82, 2.24) is 85.1 Å². The van der Waals surface area contributed by atoms with Crippen LogP contribution in [0.25, 0.3) is 0 Å². The summed E-state index contributed by atoms with van der Waals surface area (Å²) in [4.78, 5) is 228. The Balaban J connectivity index is 3.14. The lowest BCUT2D eigenvalue weighted by Crippen LogP contribution is -2.61. The number of aliphatic hydroxyl groups is 1. The molecular weight excluding hydrogens is 1550 g/mol. The van der Waals surface area contributed by atoms with Crippen molar-refractivity contribution in [2.45, 2.75) is 329 Å². The number of rotatable bonds is 34. The largest absolute Gasteiger partial charge is 0.444 e. The molecule has 1 fully saturated rings. The Morgan fingerprint density at radius 3 is 1.16 bits per heavy atom. The van der Waals surface area contributed by atoms with Gasteiger partial charge >= 0.3 is 30.5 Å². The smallest absolute Gasteiger partial charge is 0.407 e. The van der Waals surface area contributed by atoms with E-state index in [2.05, 4.69) is 85.1 Å². The number of hydrogen-bond donors (Lipinski definition) is 18. The van der Waals surface area contributed by atoms with Crippen molar-refractivity contribution in [3.63, 3.8) is 0 Å². The van der Waals surface area contributed by atoms with E-state index in [1.165, 1.54) is 0 Å². The van der Waals surface area contributed by atoms with Crippen molar-refractivity contribution in [1.29, 1.82) is 0 Å². The van der Waals surface area contributed by atoms with Crippen LogP contribution in [0.4, 0.5) is 24.0 Å². The highest BCUT2D eigenvalue weighted by molar-refractivity contribution is 5.99. The molecule has 1 aliphatic heterocycles. The van der Waals surface area contributed by atoms with Gasteiger partial charge in [0.25, 0.3) is 0 Å². The second kappa shape index (κ2) is 50.5. The van der Waals surface area contributed by atoms with Crippen molar-refractivity contribution >= 4 is 95.4 Å². The summed E-state index contributed by atoms with van der Waals surface area (Å²) in [5.74, 6) is -11.7. The van der Waals surface area contributed by atoms with Crippen LogP contribution in [0.3, 0.4) is 0 Å². The van der Waals surface area contributed by atoms with Gasteiger partial charge in [0.1, 0.15) is 88.4 Å². The van der Waals surface area contributed by atoms with Crippen molar-refractivity contribution in [3.05, 3.63) is 35.9 Å². The molecule has 0 saturated carbocycles. The highest BCUT2D eigenvalue weighted by Gasteiger charge is 2.39. The van der Waals surface area contributed by atoms with Gasteiger partial charge in [-0.15, -0.1) is 0 Å². The van der Waals surface area contributed by atoms with Crippen molar-refractivity contribution in [2.75, 3.05) is 39.3 Å². The number of hydrogen-bond acceptors (Lipinski definition) is 23. The van der Waals surface area contributed by atoms with E-state index in [0.29, 0.717) is 31.2 Å². The van der Waals surface area contributed by atoms with Gasteiger partial charge in [0.15, 0.2) is 0 Å². The number of carbonyl (C=O) groups excluding carboxylic acids is 16. The molecule has 12 atom stereocenters. The first-order valence-electron chi connectivity index (χ1n) is 40.8. The molecule has 39 heteroatoms. The van der Waals surface area contributed by atoms with E-state index in [1.807, 2.05) is 6.92 Å². The van der Waals surface area contributed by atoms with Crippen LogP contribution in [0.15, 0.2) is 30.3 Å². The number of ether oxygens (including phenoxy) is 5. The Bertz CT molecular complexity index is 3510. The highest BCUT2D eigenvalue weighted by Crippen LogP contribution is 2.16. The molecule has 16 amide bonds. The minimum atomic E-state index is -1.91. The highest BCUT2D eigenvalue weighted by atomic mass is 16.6. The topological polar surface area (TPSA) is 558 Å². The van der Waals surface area contributed by atoms with E-state index < -0.39 is 248 Å². The standard InChI is InChI=1S/C80H137N17O22/c1-21-23-30-49(81)60(99)88-51(33-39-83-71(110)115-76(6,7)8)62(101)89-50(31-24-22-2)61(100)90-53(34-40-84-72(111)116-77(9,10)11)64(103)91-52-32-38-82-70(109)59(47(5)98)97-67(106)56(37-43-87-75(114)119-80(18,19)20)93-65(104)54(35-41-85-73(112)117-78(12,13)14)94-68(107)57(44-46(3)4)95-69(108)58(45-48-28-26-25-27-29-48)96-66(105)55(92-63(52)102)36-42-86-74(113)118-79(15,16)17/h25-29,46-47,49-59,98H,21-24,30-45,81H2,1-20H3,(H,82,109)(H,83,110)(H,84,111)(H,85,112)(H,86,113)(H,87,114)(H,88,99)(H,89,101)(H,90,100)(H,91,103)(H,92,102)(H,93,104)(H,94,107)(H,95,108)(H,96,105)(H,97,106)/t47-,49+,50+,51+,52+,53+,54+,55+,56+,57+,58-,59+/m1/s1. The zero-order valence-electron chi connectivity index (χ0n) is 73.1. The van der Waals surface area contributed by atoms with Gasteiger partial charge in [-0.2, -0.15) is 0 Å². The maximum absolute atomic E-state index is 15.4. The number of nitrogens with two attached hydrogens (primary N) is 1. The maximum atomic E-state index is 15.4. The first-order valence-corrected chi connectivity index (χ1v) is 40.8. The van der Waals surface area contributed by atoms with Gasteiger partial charge in [0.2, 0.25) is 65.0 Å². The fourth-order valence-electron chi connectivity index (χ4n) is 11.3. The summed E-state index contributed by atoms with van der Waals surface area (Å²) >= 11 is 0. The maximum Gasteiger partial charge on any atom is 0.407 e. The van der Waals surface area contributed by atoms with Crippen molar-refractivity contribution < 1.29 is 106 Å². The van der Waals surface area contributed by atoms with Crippen LogP contribution in [-0.4, -0.2) is 240 Å². The Morgan fingerprint density at radius 2 is 0.765 bits per heavy atom. The third-order valence-corrected chi connectivity index (χ3v) is 17.0. The molecule has 0 spiro atoms. The number of nitrogens with one attached hydrogen (secondary N) is 16. The van der Waals surface area contributed by atoms with E-state index in [0.717, 1.165) is 6.92 Å². The van der Waals surface area contributed by atoms with E-state index >= 15 is 19.2 Å². The third-order valence-electron chi connectivity index (χ3n) is 17.0. The molecular formula is C80H137N17O22. The molecule has 1 aliphatic rings.